The number of halogens is 2. The zero-order valence-electron chi connectivity index (χ0n) is 10.5. The lowest BCUT2D eigenvalue weighted by Crippen LogP contribution is -2.51. The highest BCUT2D eigenvalue weighted by Gasteiger charge is 2.25. The van der Waals surface area contributed by atoms with Crippen LogP contribution >= 0.6 is 27.5 Å². The first-order chi connectivity index (χ1) is 8.99. The highest BCUT2D eigenvalue weighted by atomic mass is 79.9. The SMILES string of the molecule is CC(O)C(=O)N1CCN(c2ncc(Br)cc2Cl)CC1. The minimum atomic E-state index is -0.944. The van der Waals surface area contributed by atoms with E-state index in [1.807, 2.05) is 4.90 Å². The molecule has 1 aromatic rings. The molecule has 1 aliphatic heterocycles. The first kappa shape index (κ1) is 14.6. The number of rotatable bonds is 2. The summed E-state index contributed by atoms with van der Waals surface area (Å²) in [4.78, 5) is 19.7. The van der Waals surface area contributed by atoms with Crippen LogP contribution in [0, 0.1) is 0 Å². The number of nitrogens with zero attached hydrogens (tertiary/aromatic N) is 3. The Hall–Kier alpha value is -0.850. The van der Waals surface area contributed by atoms with E-state index in [4.69, 9.17) is 11.6 Å². The first-order valence-electron chi connectivity index (χ1n) is 6.02. The van der Waals surface area contributed by atoms with E-state index >= 15 is 0 Å². The van der Waals surface area contributed by atoms with Crippen LogP contribution < -0.4 is 4.90 Å². The van der Waals surface area contributed by atoms with Crippen LogP contribution in [-0.4, -0.2) is 53.2 Å². The maximum absolute atomic E-state index is 11.7. The van der Waals surface area contributed by atoms with Gasteiger partial charge >= 0.3 is 0 Å². The number of aromatic nitrogens is 1. The summed E-state index contributed by atoms with van der Waals surface area (Å²) in [7, 11) is 0. The van der Waals surface area contributed by atoms with Crippen LogP contribution in [-0.2, 0) is 4.79 Å². The molecule has 1 fully saturated rings. The third-order valence-electron chi connectivity index (χ3n) is 3.04. The molecule has 0 spiro atoms. The van der Waals surface area contributed by atoms with Crippen molar-refractivity contribution in [2.24, 2.45) is 0 Å². The maximum atomic E-state index is 11.7. The van der Waals surface area contributed by atoms with Crippen LogP contribution in [0.15, 0.2) is 16.7 Å². The van der Waals surface area contributed by atoms with Crippen molar-refractivity contribution in [3.8, 4) is 0 Å². The summed E-state index contributed by atoms with van der Waals surface area (Å²) in [5, 5.41) is 9.87. The first-order valence-corrected chi connectivity index (χ1v) is 7.19. The van der Waals surface area contributed by atoms with Crippen molar-refractivity contribution in [2.45, 2.75) is 13.0 Å². The Morgan fingerprint density at radius 1 is 1.47 bits per heavy atom. The average molecular weight is 349 g/mol. The smallest absolute Gasteiger partial charge is 0.251 e. The van der Waals surface area contributed by atoms with Crippen molar-refractivity contribution in [3.63, 3.8) is 0 Å². The van der Waals surface area contributed by atoms with E-state index in [0.717, 1.165) is 10.3 Å². The van der Waals surface area contributed by atoms with E-state index < -0.39 is 6.10 Å². The van der Waals surface area contributed by atoms with Crippen LogP contribution in [0.5, 0.6) is 0 Å². The third kappa shape index (κ3) is 3.38. The molecule has 104 valence electrons. The zero-order valence-corrected chi connectivity index (χ0v) is 12.9. The molecule has 0 saturated carbocycles. The number of amides is 1. The van der Waals surface area contributed by atoms with Gasteiger partial charge in [0, 0.05) is 36.8 Å². The van der Waals surface area contributed by atoms with Crippen molar-refractivity contribution in [3.05, 3.63) is 21.8 Å². The lowest BCUT2D eigenvalue weighted by molar-refractivity contribution is -0.139. The summed E-state index contributed by atoms with van der Waals surface area (Å²) < 4.78 is 0.837. The molecule has 1 amide bonds. The summed E-state index contributed by atoms with van der Waals surface area (Å²) >= 11 is 9.48. The van der Waals surface area contributed by atoms with Crippen LogP contribution in [0.1, 0.15) is 6.92 Å². The summed E-state index contributed by atoms with van der Waals surface area (Å²) in [5.74, 6) is 0.503. The summed E-state index contributed by atoms with van der Waals surface area (Å²) in [6.07, 6.45) is 0.759. The molecule has 0 aromatic carbocycles. The molecule has 0 radical (unpaired) electrons. The minimum absolute atomic E-state index is 0.227. The normalized spacial score (nSPS) is 17.5. The van der Waals surface area contributed by atoms with E-state index in [9.17, 15) is 9.90 Å². The van der Waals surface area contributed by atoms with Gasteiger partial charge in [-0.25, -0.2) is 4.98 Å². The molecular formula is C12H15BrClN3O2. The van der Waals surface area contributed by atoms with Crippen molar-refractivity contribution >= 4 is 39.3 Å². The molecule has 1 atom stereocenters. The van der Waals surface area contributed by atoms with Crippen molar-refractivity contribution in [1.82, 2.24) is 9.88 Å². The van der Waals surface area contributed by atoms with Crippen LogP contribution in [0.2, 0.25) is 5.02 Å². The topological polar surface area (TPSA) is 56.7 Å². The second-order valence-electron chi connectivity index (χ2n) is 4.45. The molecule has 1 unspecified atom stereocenters. The molecule has 1 aliphatic rings. The standard InChI is InChI=1S/C12H15BrClN3O2/c1-8(18)12(19)17-4-2-16(3-5-17)11-10(14)6-9(13)7-15-11/h6-8,18H,2-5H2,1H3. The molecule has 19 heavy (non-hydrogen) atoms. The van der Waals surface area contributed by atoms with E-state index in [2.05, 4.69) is 20.9 Å². The Bertz CT molecular complexity index is 476. The Kier molecular flexibility index (Phi) is 4.65. The van der Waals surface area contributed by atoms with Crippen molar-refractivity contribution in [2.75, 3.05) is 31.1 Å². The minimum Gasteiger partial charge on any atom is -0.384 e. The van der Waals surface area contributed by atoms with Gasteiger partial charge in [0.15, 0.2) is 0 Å². The monoisotopic (exact) mass is 347 g/mol. The molecule has 1 saturated heterocycles. The number of piperazine rings is 1. The van der Waals surface area contributed by atoms with Gasteiger partial charge in [0.25, 0.3) is 5.91 Å². The fraction of sp³-hybridized carbons (Fsp3) is 0.500. The number of aliphatic hydroxyl groups excluding tert-OH is 1. The lowest BCUT2D eigenvalue weighted by atomic mass is 10.2. The molecule has 1 aromatic heterocycles. The molecule has 1 N–H and O–H groups in total. The molecule has 0 bridgehead atoms. The molecule has 7 heteroatoms. The molecule has 2 heterocycles. The molecular weight excluding hydrogens is 334 g/mol. The Labute approximate surface area is 125 Å². The number of hydrogen-bond acceptors (Lipinski definition) is 4. The van der Waals surface area contributed by atoms with Gasteiger partial charge in [0.05, 0.1) is 5.02 Å². The zero-order chi connectivity index (χ0) is 14.0. The van der Waals surface area contributed by atoms with Gasteiger partial charge in [-0.3, -0.25) is 4.79 Å². The van der Waals surface area contributed by atoms with Gasteiger partial charge in [-0.1, -0.05) is 11.6 Å². The van der Waals surface area contributed by atoms with Crippen LogP contribution in [0.4, 0.5) is 5.82 Å². The van der Waals surface area contributed by atoms with E-state index in [-0.39, 0.29) is 5.91 Å². The number of aliphatic hydroxyl groups is 1. The summed E-state index contributed by atoms with van der Waals surface area (Å²) in [6.45, 7) is 3.94. The number of carbonyl (C=O) groups excluding carboxylic acids is 1. The molecule has 2 rings (SSSR count). The summed E-state index contributed by atoms with van der Waals surface area (Å²) in [5.41, 5.74) is 0. The predicted octanol–water partition coefficient (Wildman–Crippen LogP) is 1.53. The number of pyridine rings is 1. The Morgan fingerprint density at radius 2 is 2.11 bits per heavy atom. The van der Waals surface area contributed by atoms with E-state index in [0.29, 0.717) is 31.2 Å². The molecule has 0 aliphatic carbocycles. The second kappa shape index (κ2) is 6.07. The number of hydrogen-bond donors (Lipinski definition) is 1. The third-order valence-corrected chi connectivity index (χ3v) is 3.75. The maximum Gasteiger partial charge on any atom is 0.251 e. The van der Waals surface area contributed by atoms with Gasteiger partial charge < -0.3 is 14.9 Å². The quantitative estimate of drug-likeness (QED) is 0.880. The second-order valence-corrected chi connectivity index (χ2v) is 5.77. The van der Waals surface area contributed by atoms with Gasteiger partial charge in [-0.2, -0.15) is 0 Å². The van der Waals surface area contributed by atoms with Crippen molar-refractivity contribution < 1.29 is 9.90 Å². The van der Waals surface area contributed by atoms with Gasteiger partial charge in [0.1, 0.15) is 11.9 Å². The Morgan fingerprint density at radius 3 is 2.63 bits per heavy atom. The van der Waals surface area contributed by atoms with Gasteiger partial charge in [-0.15, -0.1) is 0 Å². The highest BCUT2D eigenvalue weighted by molar-refractivity contribution is 9.10. The van der Waals surface area contributed by atoms with Gasteiger partial charge in [0.2, 0.25) is 0 Å². The van der Waals surface area contributed by atoms with Crippen LogP contribution in [0.3, 0.4) is 0 Å². The highest BCUT2D eigenvalue weighted by Crippen LogP contribution is 2.26. The van der Waals surface area contributed by atoms with Crippen molar-refractivity contribution in [1.29, 1.82) is 0 Å². The summed E-state index contributed by atoms with van der Waals surface area (Å²) in [6, 6.07) is 1.80. The molecule has 5 nitrogen and oxygen atoms in total. The van der Waals surface area contributed by atoms with Crippen LogP contribution in [0.25, 0.3) is 0 Å². The fourth-order valence-electron chi connectivity index (χ4n) is 2.04. The van der Waals surface area contributed by atoms with Gasteiger partial charge in [-0.05, 0) is 28.9 Å². The predicted molar refractivity (Wildman–Crippen MR) is 77.4 cm³/mol. The Balaban J connectivity index is 2.02. The average Bonchev–Trinajstić information content (AvgIpc) is 2.38. The number of anilines is 1. The largest absolute Gasteiger partial charge is 0.384 e. The van der Waals surface area contributed by atoms with E-state index in [1.165, 1.54) is 6.92 Å². The fourth-order valence-corrected chi connectivity index (χ4v) is 2.79. The number of carbonyl (C=O) groups is 1. The lowest BCUT2D eigenvalue weighted by Gasteiger charge is -2.36. The van der Waals surface area contributed by atoms with E-state index in [1.54, 1.807) is 17.2 Å².